The van der Waals surface area contributed by atoms with Crippen LogP contribution in [0.5, 0.6) is 0 Å². The number of likely N-dealkylation sites (N-methyl/N-ethyl adjacent to an activating group) is 2. The molecule has 2 aromatic heterocycles. The van der Waals surface area contributed by atoms with Gasteiger partial charge in [-0.3, -0.25) is 9.78 Å². The number of nitrogens with two attached hydrogens (primary N) is 1. The van der Waals surface area contributed by atoms with Gasteiger partial charge < -0.3 is 21.3 Å². The molecule has 1 aliphatic rings. The molecule has 1 saturated carbocycles. The highest BCUT2D eigenvalue weighted by Crippen LogP contribution is 2.28. The number of anilines is 3. The summed E-state index contributed by atoms with van der Waals surface area (Å²) in [7, 11) is 4.08. The van der Waals surface area contributed by atoms with E-state index in [1.165, 1.54) is 12.8 Å². The van der Waals surface area contributed by atoms with Gasteiger partial charge in [-0.05, 0) is 44.2 Å². The fraction of sp³-hybridized carbons (Fsp3) is 0.348. The molecule has 30 heavy (non-hydrogen) atoms. The van der Waals surface area contributed by atoms with E-state index in [4.69, 9.17) is 10.7 Å². The molecular formula is C23H28N6O. The largest absolute Gasteiger partial charge is 0.365 e. The molecule has 4 N–H and O–H groups in total. The predicted octanol–water partition coefficient (Wildman–Crippen LogP) is 3.44. The number of nitrogens with zero attached hydrogens (tertiary/aromatic N) is 3. The Balaban J connectivity index is 1.66. The minimum absolute atomic E-state index is 0.353. The minimum Gasteiger partial charge on any atom is -0.365 e. The summed E-state index contributed by atoms with van der Waals surface area (Å²) in [5.41, 5.74) is 7.64. The van der Waals surface area contributed by atoms with Gasteiger partial charge in [-0.15, -0.1) is 0 Å². The van der Waals surface area contributed by atoms with E-state index in [2.05, 4.69) is 27.6 Å². The third-order valence-corrected chi connectivity index (χ3v) is 5.96. The normalized spacial score (nSPS) is 18.9. The van der Waals surface area contributed by atoms with Crippen molar-refractivity contribution in [2.75, 3.05) is 24.3 Å². The van der Waals surface area contributed by atoms with Crippen LogP contribution in [-0.4, -0.2) is 42.1 Å². The van der Waals surface area contributed by atoms with E-state index >= 15 is 0 Å². The van der Waals surface area contributed by atoms with E-state index in [1.54, 1.807) is 12.3 Å². The number of amides is 1. The molecule has 2 atom stereocenters. The van der Waals surface area contributed by atoms with Crippen LogP contribution in [-0.2, 0) is 0 Å². The Morgan fingerprint density at radius 2 is 1.97 bits per heavy atom. The van der Waals surface area contributed by atoms with Gasteiger partial charge in [-0.2, -0.15) is 0 Å². The first-order valence-corrected chi connectivity index (χ1v) is 10.4. The van der Waals surface area contributed by atoms with Crippen LogP contribution in [0.1, 0.15) is 36.0 Å². The number of carbonyl (C=O) groups excluding carboxylic acids is 1. The molecule has 0 radical (unpaired) electrons. The minimum atomic E-state index is -0.515. The van der Waals surface area contributed by atoms with Crippen molar-refractivity contribution >= 4 is 34.1 Å². The molecule has 3 aromatic rings. The number of fused-ring (bicyclic) bond motifs is 1. The summed E-state index contributed by atoms with van der Waals surface area (Å²) >= 11 is 0. The zero-order chi connectivity index (χ0) is 21.1. The monoisotopic (exact) mass is 404 g/mol. The van der Waals surface area contributed by atoms with E-state index in [1.807, 2.05) is 43.4 Å². The summed E-state index contributed by atoms with van der Waals surface area (Å²) in [6.07, 6.45) is 6.45. The van der Waals surface area contributed by atoms with Crippen LogP contribution in [0.3, 0.4) is 0 Å². The van der Waals surface area contributed by atoms with Crippen molar-refractivity contribution in [3.05, 3.63) is 54.2 Å². The number of primary amides is 1. The molecule has 7 nitrogen and oxygen atoms in total. The van der Waals surface area contributed by atoms with Gasteiger partial charge in [0, 0.05) is 24.5 Å². The van der Waals surface area contributed by atoms with Crippen molar-refractivity contribution in [1.82, 2.24) is 15.3 Å². The summed E-state index contributed by atoms with van der Waals surface area (Å²) in [5.74, 6) is 0.739. The number of rotatable bonds is 6. The van der Waals surface area contributed by atoms with Gasteiger partial charge in [-0.25, -0.2) is 4.98 Å². The molecule has 2 heterocycles. The smallest absolute Gasteiger partial charge is 0.252 e. The SMILES string of the molecule is CNC1CCCCC1N(C)c1ccc(C(N)=O)c(Nc2cnc3ccccc3c2)n1. The maximum atomic E-state index is 12.0. The molecule has 0 spiro atoms. The molecule has 0 bridgehead atoms. The third kappa shape index (κ3) is 4.07. The van der Waals surface area contributed by atoms with E-state index in [0.717, 1.165) is 35.2 Å². The average molecular weight is 405 g/mol. The van der Waals surface area contributed by atoms with Gasteiger partial charge >= 0.3 is 0 Å². The van der Waals surface area contributed by atoms with Gasteiger partial charge in [0.25, 0.3) is 5.91 Å². The Morgan fingerprint density at radius 3 is 2.77 bits per heavy atom. The summed E-state index contributed by atoms with van der Waals surface area (Å²) in [6.45, 7) is 0. The molecule has 2 unspecified atom stereocenters. The highest BCUT2D eigenvalue weighted by molar-refractivity contribution is 5.98. The highest BCUT2D eigenvalue weighted by Gasteiger charge is 2.28. The average Bonchev–Trinajstić information content (AvgIpc) is 2.78. The Labute approximate surface area is 176 Å². The zero-order valence-electron chi connectivity index (χ0n) is 17.4. The number of para-hydroxylation sites is 1. The summed E-state index contributed by atoms with van der Waals surface area (Å²) in [5, 5.41) is 7.70. The number of hydrogen-bond acceptors (Lipinski definition) is 6. The Kier molecular flexibility index (Phi) is 5.81. The van der Waals surface area contributed by atoms with Crippen LogP contribution >= 0.6 is 0 Å². The maximum absolute atomic E-state index is 12.0. The number of pyridine rings is 2. The lowest BCUT2D eigenvalue weighted by Gasteiger charge is -2.38. The van der Waals surface area contributed by atoms with Crippen molar-refractivity contribution in [3.8, 4) is 0 Å². The molecule has 0 aliphatic heterocycles. The summed E-state index contributed by atoms with van der Waals surface area (Å²) in [6, 6.07) is 14.3. The zero-order valence-corrected chi connectivity index (χ0v) is 17.4. The molecule has 1 fully saturated rings. The lowest BCUT2D eigenvalue weighted by atomic mass is 9.89. The van der Waals surface area contributed by atoms with Crippen molar-refractivity contribution in [3.63, 3.8) is 0 Å². The van der Waals surface area contributed by atoms with Crippen molar-refractivity contribution in [2.24, 2.45) is 5.73 Å². The van der Waals surface area contributed by atoms with E-state index < -0.39 is 5.91 Å². The third-order valence-electron chi connectivity index (χ3n) is 5.96. The van der Waals surface area contributed by atoms with Gasteiger partial charge in [0.05, 0.1) is 23.0 Å². The fourth-order valence-corrected chi connectivity index (χ4v) is 4.30. The molecule has 1 amide bonds. The van der Waals surface area contributed by atoms with Crippen LogP contribution in [0.15, 0.2) is 48.7 Å². The molecule has 0 saturated heterocycles. The van der Waals surface area contributed by atoms with Crippen LogP contribution in [0.4, 0.5) is 17.3 Å². The first-order chi connectivity index (χ1) is 14.6. The molecule has 4 rings (SSSR count). The topological polar surface area (TPSA) is 96.2 Å². The lowest BCUT2D eigenvalue weighted by molar-refractivity contribution is 0.100. The summed E-state index contributed by atoms with van der Waals surface area (Å²) in [4.78, 5) is 23.5. The van der Waals surface area contributed by atoms with Crippen molar-refractivity contribution in [2.45, 2.75) is 37.8 Å². The van der Waals surface area contributed by atoms with E-state index in [-0.39, 0.29) is 0 Å². The Hall–Kier alpha value is -3.19. The second-order valence-corrected chi connectivity index (χ2v) is 7.83. The quantitative estimate of drug-likeness (QED) is 0.582. The molecular weight excluding hydrogens is 376 g/mol. The predicted molar refractivity (Wildman–Crippen MR) is 121 cm³/mol. The fourth-order valence-electron chi connectivity index (χ4n) is 4.30. The summed E-state index contributed by atoms with van der Waals surface area (Å²) < 4.78 is 0. The number of benzene rings is 1. The van der Waals surface area contributed by atoms with Gasteiger partial charge in [-0.1, -0.05) is 31.0 Å². The second-order valence-electron chi connectivity index (χ2n) is 7.83. The van der Waals surface area contributed by atoms with Gasteiger partial charge in [0.1, 0.15) is 11.6 Å². The highest BCUT2D eigenvalue weighted by atomic mass is 16.1. The lowest BCUT2D eigenvalue weighted by Crippen LogP contribution is -2.49. The Morgan fingerprint density at radius 1 is 1.17 bits per heavy atom. The number of nitrogens with one attached hydrogen (secondary N) is 2. The molecule has 1 aromatic carbocycles. The van der Waals surface area contributed by atoms with Crippen LogP contribution in [0.2, 0.25) is 0 Å². The first kappa shape index (κ1) is 20.1. The maximum Gasteiger partial charge on any atom is 0.252 e. The second kappa shape index (κ2) is 8.67. The number of aromatic nitrogens is 2. The van der Waals surface area contributed by atoms with Gasteiger partial charge in [0.15, 0.2) is 0 Å². The van der Waals surface area contributed by atoms with Gasteiger partial charge in [0.2, 0.25) is 0 Å². The van der Waals surface area contributed by atoms with E-state index in [0.29, 0.717) is 23.5 Å². The van der Waals surface area contributed by atoms with Crippen LogP contribution < -0.4 is 21.3 Å². The van der Waals surface area contributed by atoms with Crippen molar-refractivity contribution < 1.29 is 4.79 Å². The number of hydrogen-bond donors (Lipinski definition) is 3. The standard InChI is InChI=1S/C23H28N6O/c1-25-19-9-5-6-10-20(19)29(2)21-12-11-17(22(24)30)23(28-21)27-16-13-15-7-3-4-8-18(15)26-14-16/h3-4,7-8,11-14,19-20,25H,5-6,9-10H2,1-2H3,(H2,24,30)(H,27,28). The first-order valence-electron chi connectivity index (χ1n) is 10.4. The molecule has 7 heteroatoms. The molecule has 156 valence electrons. The molecule has 1 aliphatic carbocycles. The van der Waals surface area contributed by atoms with Crippen LogP contribution in [0.25, 0.3) is 10.9 Å². The number of carbonyl (C=O) groups is 1. The van der Waals surface area contributed by atoms with Crippen molar-refractivity contribution in [1.29, 1.82) is 0 Å². The van der Waals surface area contributed by atoms with E-state index in [9.17, 15) is 4.79 Å². The Bertz CT molecular complexity index is 1050. The van der Waals surface area contributed by atoms with Crippen LogP contribution in [0, 0.1) is 0 Å².